The monoisotopic (exact) mass is 416 g/mol. The summed E-state index contributed by atoms with van der Waals surface area (Å²) in [6.45, 7) is 1.21. The minimum atomic E-state index is -3.97. The standard InChI is InChI=1S/C21H18F2N2O3S/c1-14-10-18(7-8-19(14)23)29(27,28)20(16-5-3-9-24-12-16)13-25-21(26)15-4-2-6-17(22)11-15/h2-12,20H,13H2,1H3,(H,25,26)/t20-/m1/s1. The highest BCUT2D eigenvalue weighted by Crippen LogP contribution is 2.29. The van der Waals surface area contributed by atoms with Crippen molar-refractivity contribution in [2.45, 2.75) is 17.1 Å². The summed E-state index contributed by atoms with van der Waals surface area (Å²) in [5.74, 6) is -1.69. The lowest BCUT2D eigenvalue weighted by Crippen LogP contribution is -2.32. The summed E-state index contributed by atoms with van der Waals surface area (Å²) >= 11 is 0. The fourth-order valence-electron chi connectivity index (χ4n) is 2.85. The minimum Gasteiger partial charge on any atom is -0.350 e. The number of halogens is 2. The van der Waals surface area contributed by atoms with Crippen LogP contribution in [0.15, 0.2) is 71.9 Å². The molecule has 0 unspecified atom stereocenters. The predicted molar refractivity (Wildman–Crippen MR) is 104 cm³/mol. The second kappa shape index (κ2) is 8.48. The number of aromatic nitrogens is 1. The molecule has 1 N–H and O–H groups in total. The molecule has 29 heavy (non-hydrogen) atoms. The van der Waals surface area contributed by atoms with Crippen LogP contribution in [-0.4, -0.2) is 25.9 Å². The summed E-state index contributed by atoms with van der Waals surface area (Å²) in [5, 5.41) is 1.39. The van der Waals surface area contributed by atoms with Gasteiger partial charge in [0.25, 0.3) is 5.91 Å². The number of hydrogen-bond donors (Lipinski definition) is 1. The summed E-state index contributed by atoms with van der Waals surface area (Å²) in [6, 6.07) is 11.8. The molecule has 1 atom stereocenters. The zero-order chi connectivity index (χ0) is 21.0. The zero-order valence-corrected chi connectivity index (χ0v) is 16.3. The molecule has 0 spiro atoms. The number of carbonyl (C=O) groups is 1. The van der Waals surface area contributed by atoms with Crippen molar-refractivity contribution >= 4 is 15.7 Å². The van der Waals surface area contributed by atoms with Crippen molar-refractivity contribution in [3.63, 3.8) is 0 Å². The molecule has 0 bridgehead atoms. The van der Waals surface area contributed by atoms with E-state index < -0.39 is 32.6 Å². The van der Waals surface area contributed by atoms with Crippen LogP contribution in [0.3, 0.4) is 0 Å². The average Bonchev–Trinajstić information content (AvgIpc) is 2.70. The number of nitrogens with one attached hydrogen (secondary N) is 1. The Kier molecular flexibility index (Phi) is 6.03. The van der Waals surface area contributed by atoms with Crippen LogP contribution in [-0.2, 0) is 9.84 Å². The van der Waals surface area contributed by atoms with Crippen LogP contribution >= 0.6 is 0 Å². The number of benzene rings is 2. The first-order chi connectivity index (χ1) is 13.8. The molecule has 0 saturated heterocycles. The highest BCUT2D eigenvalue weighted by Gasteiger charge is 2.30. The largest absolute Gasteiger partial charge is 0.350 e. The van der Waals surface area contributed by atoms with Crippen LogP contribution in [0.1, 0.15) is 26.7 Å². The van der Waals surface area contributed by atoms with E-state index in [0.717, 1.165) is 12.1 Å². The normalized spacial score (nSPS) is 12.4. The Morgan fingerprint density at radius 1 is 1.10 bits per heavy atom. The predicted octanol–water partition coefficient (Wildman–Crippen LogP) is 3.61. The van der Waals surface area contributed by atoms with E-state index in [2.05, 4.69) is 10.3 Å². The summed E-state index contributed by atoms with van der Waals surface area (Å²) < 4.78 is 53.4. The Morgan fingerprint density at radius 3 is 2.55 bits per heavy atom. The van der Waals surface area contributed by atoms with Gasteiger partial charge in [-0.1, -0.05) is 12.1 Å². The van der Waals surface area contributed by atoms with Crippen LogP contribution in [0.2, 0.25) is 0 Å². The van der Waals surface area contributed by atoms with Crippen LogP contribution in [0, 0.1) is 18.6 Å². The molecule has 0 radical (unpaired) electrons. The second-order valence-corrected chi connectivity index (χ2v) is 8.58. The smallest absolute Gasteiger partial charge is 0.251 e. The molecular formula is C21H18F2N2O3S. The molecule has 3 rings (SSSR count). The van der Waals surface area contributed by atoms with Crippen molar-refractivity contribution < 1.29 is 22.0 Å². The number of aryl methyl sites for hydroxylation is 1. The minimum absolute atomic E-state index is 0.0646. The number of pyridine rings is 1. The van der Waals surface area contributed by atoms with Crippen LogP contribution in [0.4, 0.5) is 8.78 Å². The fourth-order valence-corrected chi connectivity index (χ4v) is 4.58. The lowest BCUT2D eigenvalue weighted by atomic mass is 10.2. The number of nitrogens with zero attached hydrogens (tertiary/aromatic N) is 1. The number of rotatable bonds is 6. The van der Waals surface area contributed by atoms with Crippen molar-refractivity contribution in [3.8, 4) is 0 Å². The van der Waals surface area contributed by atoms with Crippen LogP contribution in [0.5, 0.6) is 0 Å². The average molecular weight is 416 g/mol. The molecule has 1 amide bonds. The van der Waals surface area contributed by atoms with E-state index in [9.17, 15) is 22.0 Å². The van der Waals surface area contributed by atoms with Crippen LogP contribution < -0.4 is 5.32 Å². The lowest BCUT2D eigenvalue weighted by molar-refractivity contribution is 0.0953. The van der Waals surface area contributed by atoms with Gasteiger partial charge in [0, 0.05) is 24.5 Å². The second-order valence-electron chi connectivity index (χ2n) is 6.45. The fraction of sp³-hybridized carbons (Fsp3) is 0.143. The van der Waals surface area contributed by atoms with Crippen molar-refractivity contribution in [3.05, 3.63) is 95.3 Å². The van der Waals surface area contributed by atoms with E-state index in [1.165, 1.54) is 49.6 Å². The maximum atomic E-state index is 13.6. The first-order valence-electron chi connectivity index (χ1n) is 8.73. The molecule has 0 aliphatic carbocycles. The van der Waals surface area contributed by atoms with Gasteiger partial charge in [-0.25, -0.2) is 17.2 Å². The highest BCUT2D eigenvalue weighted by molar-refractivity contribution is 7.91. The van der Waals surface area contributed by atoms with Crippen molar-refractivity contribution in [2.75, 3.05) is 6.54 Å². The van der Waals surface area contributed by atoms with E-state index in [1.807, 2.05) is 0 Å². The topological polar surface area (TPSA) is 76.1 Å². The third-order valence-corrected chi connectivity index (χ3v) is 6.52. The van der Waals surface area contributed by atoms with Gasteiger partial charge in [0.05, 0.1) is 4.90 Å². The number of carbonyl (C=O) groups excluding carboxylic acids is 1. The Balaban J connectivity index is 1.93. The third-order valence-electron chi connectivity index (χ3n) is 4.42. The van der Waals surface area contributed by atoms with Crippen LogP contribution in [0.25, 0.3) is 0 Å². The Labute approximate surface area is 167 Å². The molecular weight excluding hydrogens is 398 g/mol. The molecule has 0 aliphatic heterocycles. The van der Waals surface area contributed by atoms with E-state index in [0.29, 0.717) is 5.56 Å². The SMILES string of the molecule is Cc1cc(S(=O)(=O)[C@H](CNC(=O)c2cccc(F)c2)c2cccnc2)ccc1F. The van der Waals surface area contributed by atoms with E-state index in [-0.39, 0.29) is 22.6 Å². The van der Waals surface area contributed by atoms with Crippen molar-refractivity contribution in [1.82, 2.24) is 10.3 Å². The van der Waals surface area contributed by atoms with Gasteiger partial charge in [0.2, 0.25) is 0 Å². The van der Waals surface area contributed by atoms with Gasteiger partial charge in [0.1, 0.15) is 16.9 Å². The zero-order valence-electron chi connectivity index (χ0n) is 15.5. The van der Waals surface area contributed by atoms with E-state index >= 15 is 0 Å². The Hall–Kier alpha value is -3.13. The number of amides is 1. The number of hydrogen-bond acceptors (Lipinski definition) is 4. The molecule has 5 nitrogen and oxygen atoms in total. The summed E-state index contributed by atoms with van der Waals surface area (Å²) in [5.41, 5.74) is 0.638. The Morgan fingerprint density at radius 2 is 1.90 bits per heavy atom. The molecule has 1 aromatic heterocycles. The molecule has 0 aliphatic rings. The first kappa shape index (κ1) is 20.6. The maximum Gasteiger partial charge on any atom is 0.251 e. The van der Waals surface area contributed by atoms with Gasteiger partial charge in [-0.05, 0) is 60.5 Å². The van der Waals surface area contributed by atoms with E-state index in [4.69, 9.17) is 0 Å². The Bertz CT molecular complexity index is 1140. The van der Waals surface area contributed by atoms with Gasteiger partial charge in [-0.3, -0.25) is 9.78 Å². The summed E-state index contributed by atoms with van der Waals surface area (Å²) in [4.78, 5) is 16.2. The number of sulfone groups is 1. The van der Waals surface area contributed by atoms with Gasteiger partial charge in [-0.2, -0.15) is 0 Å². The van der Waals surface area contributed by atoms with Gasteiger partial charge >= 0.3 is 0 Å². The quantitative estimate of drug-likeness (QED) is 0.623. The molecule has 8 heteroatoms. The van der Waals surface area contributed by atoms with Gasteiger partial charge < -0.3 is 5.32 Å². The summed E-state index contributed by atoms with van der Waals surface area (Å²) in [6.07, 6.45) is 2.90. The molecule has 150 valence electrons. The summed E-state index contributed by atoms with van der Waals surface area (Å²) in [7, 11) is -3.97. The molecule has 2 aromatic carbocycles. The molecule has 0 fully saturated rings. The molecule has 3 aromatic rings. The van der Waals surface area contributed by atoms with E-state index in [1.54, 1.807) is 12.1 Å². The first-order valence-corrected chi connectivity index (χ1v) is 10.3. The molecule has 0 saturated carbocycles. The third kappa shape index (κ3) is 4.65. The van der Waals surface area contributed by atoms with Gasteiger partial charge in [-0.15, -0.1) is 0 Å². The van der Waals surface area contributed by atoms with Crippen molar-refractivity contribution in [2.24, 2.45) is 0 Å². The highest BCUT2D eigenvalue weighted by atomic mass is 32.2. The van der Waals surface area contributed by atoms with Crippen molar-refractivity contribution in [1.29, 1.82) is 0 Å². The van der Waals surface area contributed by atoms with Gasteiger partial charge in [0.15, 0.2) is 9.84 Å². The lowest BCUT2D eigenvalue weighted by Gasteiger charge is -2.19. The maximum absolute atomic E-state index is 13.6. The molecule has 1 heterocycles.